The average molecular weight is 348 g/mol. The Hall–Kier alpha value is -2.14. The first kappa shape index (κ1) is 17.2. The second-order valence-electron chi connectivity index (χ2n) is 4.71. The van der Waals surface area contributed by atoms with E-state index in [-0.39, 0.29) is 6.73 Å². The van der Waals surface area contributed by atoms with Crippen LogP contribution in [0.2, 0.25) is 0 Å². The molecule has 0 fully saturated rings. The standard InChI is InChI=1S/C12H15F3N6OS/c1-8-10(4-16-20(8)2)19-11(23)18-9-3-17-21(5-9)7-22-6-12(13,14)15/h3-5H,6-7H2,1-2H3,(H2,18,19,23). The van der Waals surface area contributed by atoms with Gasteiger partial charge in [0.25, 0.3) is 0 Å². The topological polar surface area (TPSA) is 68.9 Å². The first-order valence-corrected chi connectivity index (χ1v) is 6.89. The normalized spacial score (nSPS) is 11.5. The maximum atomic E-state index is 12.0. The largest absolute Gasteiger partial charge is 0.411 e. The summed E-state index contributed by atoms with van der Waals surface area (Å²) >= 11 is 5.16. The van der Waals surface area contributed by atoms with Crippen LogP contribution in [0.1, 0.15) is 5.69 Å². The summed E-state index contributed by atoms with van der Waals surface area (Å²) in [4.78, 5) is 0. The predicted octanol–water partition coefficient (Wildman–Crippen LogP) is 2.27. The van der Waals surface area contributed by atoms with Gasteiger partial charge >= 0.3 is 6.18 Å². The maximum Gasteiger partial charge on any atom is 0.411 e. The molecular formula is C12H15F3N6OS. The van der Waals surface area contributed by atoms with Crippen molar-refractivity contribution in [1.29, 1.82) is 0 Å². The number of alkyl halides is 3. The van der Waals surface area contributed by atoms with Crippen molar-refractivity contribution < 1.29 is 17.9 Å². The number of ether oxygens (including phenoxy) is 1. The van der Waals surface area contributed by atoms with Gasteiger partial charge in [0.05, 0.1) is 35.7 Å². The Bertz CT molecular complexity index is 681. The molecule has 0 spiro atoms. The van der Waals surface area contributed by atoms with Crippen LogP contribution in [0, 0.1) is 6.92 Å². The van der Waals surface area contributed by atoms with Crippen LogP contribution in [0.3, 0.4) is 0 Å². The van der Waals surface area contributed by atoms with Gasteiger partial charge in [0.1, 0.15) is 13.3 Å². The van der Waals surface area contributed by atoms with Crippen molar-refractivity contribution in [2.24, 2.45) is 7.05 Å². The second-order valence-corrected chi connectivity index (χ2v) is 5.12. The van der Waals surface area contributed by atoms with Crippen molar-refractivity contribution in [2.45, 2.75) is 19.8 Å². The summed E-state index contributed by atoms with van der Waals surface area (Å²) in [7, 11) is 1.81. The van der Waals surface area contributed by atoms with E-state index in [1.807, 2.05) is 14.0 Å². The molecule has 0 aliphatic rings. The minimum Gasteiger partial charge on any atom is -0.350 e. The second kappa shape index (κ2) is 6.96. The van der Waals surface area contributed by atoms with Gasteiger partial charge < -0.3 is 15.4 Å². The van der Waals surface area contributed by atoms with Crippen molar-refractivity contribution in [3.63, 3.8) is 0 Å². The molecule has 0 bridgehead atoms. The molecule has 0 aliphatic carbocycles. The molecule has 2 aromatic heterocycles. The summed E-state index contributed by atoms with van der Waals surface area (Å²) < 4.78 is 43.4. The lowest BCUT2D eigenvalue weighted by Crippen LogP contribution is -2.19. The predicted molar refractivity (Wildman–Crippen MR) is 82.0 cm³/mol. The summed E-state index contributed by atoms with van der Waals surface area (Å²) in [6.07, 6.45) is 0.195. The molecule has 0 aromatic carbocycles. The minimum atomic E-state index is -4.36. The summed E-state index contributed by atoms with van der Waals surface area (Å²) in [5.74, 6) is 0. The lowest BCUT2D eigenvalue weighted by atomic mass is 10.4. The van der Waals surface area contributed by atoms with E-state index in [0.29, 0.717) is 10.8 Å². The highest BCUT2D eigenvalue weighted by Gasteiger charge is 2.27. The number of hydrogen-bond donors (Lipinski definition) is 2. The molecule has 2 N–H and O–H groups in total. The van der Waals surface area contributed by atoms with Gasteiger partial charge in [0.2, 0.25) is 0 Å². The molecule has 2 aromatic rings. The van der Waals surface area contributed by atoms with Crippen LogP contribution in [0.4, 0.5) is 24.5 Å². The number of halogens is 3. The monoisotopic (exact) mass is 348 g/mol. The Morgan fingerprint density at radius 1 is 1.30 bits per heavy atom. The van der Waals surface area contributed by atoms with Crippen molar-refractivity contribution in [2.75, 3.05) is 17.2 Å². The average Bonchev–Trinajstić information content (AvgIpc) is 2.99. The number of aryl methyl sites for hydroxylation is 1. The van der Waals surface area contributed by atoms with Gasteiger partial charge in [-0.15, -0.1) is 0 Å². The van der Waals surface area contributed by atoms with Crippen LogP contribution in [-0.2, 0) is 18.5 Å². The SMILES string of the molecule is Cc1c(NC(=S)Nc2cnn(COCC(F)(F)F)c2)cnn1C. The summed E-state index contributed by atoms with van der Waals surface area (Å²) in [5.41, 5.74) is 2.19. The van der Waals surface area contributed by atoms with Crippen LogP contribution >= 0.6 is 12.2 Å². The first-order valence-electron chi connectivity index (χ1n) is 6.48. The third-order valence-electron chi connectivity index (χ3n) is 2.86. The molecule has 0 atom stereocenters. The van der Waals surface area contributed by atoms with E-state index in [9.17, 15) is 13.2 Å². The Morgan fingerprint density at radius 3 is 2.65 bits per heavy atom. The molecule has 23 heavy (non-hydrogen) atoms. The van der Waals surface area contributed by atoms with Crippen molar-refractivity contribution in [3.8, 4) is 0 Å². The zero-order valence-corrected chi connectivity index (χ0v) is 13.2. The highest BCUT2D eigenvalue weighted by atomic mass is 32.1. The third kappa shape index (κ3) is 5.21. The number of hydrogen-bond acceptors (Lipinski definition) is 4. The fourth-order valence-electron chi connectivity index (χ4n) is 1.66. The van der Waals surface area contributed by atoms with Gasteiger partial charge in [-0.05, 0) is 19.1 Å². The molecule has 0 unspecified atom stereocenters. The molecule has 2 rings (SSSR count). The van der Waals surface area contributed by atoms with Crippen molar-refractivity contribution in [3.05, 3.63) is 24.3 Å². The molecule has 7 nitrogen and oxygen atoms in total. The summed E-state index contributed by atoms with van der Waals surface area (Å²) in [6.45, 7) is 0.257. The van der Waals surface area contributed by atoms with E-state index in [1.54, 1.807) is 10.9 Å². The smallest absolute Gasteiger partial charge is 0.350 e. The first-order chi connectivity index (χ1) is 10.7. The van der Waals surface area contributed by atoms with E-state index in [2.05, 4.69) is 25.6 Å². The lowest BCUT2D eigenvalue weighted by Gasteiger charge is -2.08. The van der Waals surface area contributed by atoms with Crippen LogP contribution in [0.5, 0.6) is 0 Å². The fraction of sp³-hybridized carbons (Fsp3) is 0.417. The van der Waals surface area contributed by atoms with E-state index in [4.69, 9.17) is 12.2 Å². The molecule has 0 amide bonds. The van der Waals surface area contributed by atoms with Crippen LogP contribution in [0.25, 0.3) is 0 Å². The summed E-state index contributed by atoms with van der Waals surface area (Å²) in [5, 5.41) is 14.1. The Kier molecular flexibility index (Phi) is 5.21. The molecule has 0 radical (unpaired) electrons. The van der Waals surface area contributed by atoms with Crippen LogP contribution < -0.4 is 10.6 Å². The molecule has 2 heterocycles. The zero-order chi connectivity index (χ0) is 17.0. The van der Waals surface area contributed by atoms with Gasteiger partial charge in [-0.3, -0.25) is 4.68 Å². The third-order valence-corrected chi connectivity index (χ3v) is 3.07. The van der Waals surface area contributed by atoms with Gasteiger partial charge in [0, 0.05) is 7.05 Å². The molecule has 126 valence electrons. The molecule has 0 saturated carbocycles. The van der Waals surface area contributed by atoms with Crippen LogP contribution in [0.15, 0.2) is 18.6 Å². The molecular weight excluding hydrogens is 333 g/mol. The van der Waals surface area contributed by atoms with Gasteiger partial charge in [-0.1, -0.05) is 0 Å². The van der Waals surface area contributed by atoms with Crippen molar-refractivity contribution >= 4 is 28.7 Å². The van der Waals surface area contributed by atoms with Gasteiger partial charge in [0.15, 0.2) is 5.11 Å². The Balaban J connectivity index is 1.84. The number of nitrogens with one attached hydrogen (secondary N) is 2. The van der Waals surface area contributed by atoms with Gasteiger partial charge in [-0.2, -0.15) is 23.4 Å². The molecule has 0 aliphatic heterocycles. The van der Waals surface area contributed by atoms with E-state index < -0.39 is 12.8 Å². The molecule has 0 saturated heterocycles. The number of aromatic nitrogens is 4. The van der Waals surface area contributed by atoms with E-state index in [1.165, 1.54) is 17.1 Å². The lowest BCUT2D eigenvalue weighted by molar-refractivity contribution is -0.182. The number of nitrogens with zero attached hydrogens (tertiary/aromatic N) is 4. The summed E-state index contributed by atoms with van der Waals surface area (Å²) in [6, 6.07) is 0. The quantitative estimate of drug-likeness (QED) is 0.808. The fourth-order valence-corrected chi connectivity index (χ4v) is 1.89. The zero-order valence-electron chi connectivity index (χ0n) is 12.4. The van der Waals surface area contributed by atoms with E-state index in [0.717, 1.165) is 11.4 Å². The highest BCUT2D eigenvalue weighted by molar-refractivity contribution is 7.80. The number of anilines is 2. The van der Waals surface area contributed by atoms with Crippen molar-refractivity contribution in [1.82, 2.24) is 19.6 Å². The maximum absolute atomic E-state index is 12.0. The number of thiocarbonyl (C=S) groups is 1. The molecule has 11 heteroatoms. The highest BCUT2D eigenvalue weighted by Crippen LogP contribution is 2.15. The van der Waals surface area contributed by atoms with Gasteiger partial charge in [-0.25, -0.2) is 4.68 Å². The van der Waals surface area contributed by atoms with Crippen LogP contribution in [-0.4, -0.2) is 37.5 Å². The Morgan fingerprint density at radius 2 is 2.04 bits per heavy atom. The van der Waals surface area contributed by atoms with E-state index >= 15 is 0 Å². The minimum absolute atomic E-state index is 0.302. The Labute approximate surface area is 135 Å². The number of rotatable bonds is 5.